The van der Waals surface area contributed by atoms with E-state index in [4.69, 9.17) is 5.26 Å². The number of nitriles is 1. The van der Waals surface area contributed by atoms with Gasteiger partial charge in [0.25, 0.3) is 0 Å². The summed E-state index contributed by atoms with van der Waals surface area (Å²) in [6, 6.07) is 7.03. The van der Waals surface area contributed by atoms with Crippen LogP contribution < -0.4 is 10.6 Å². The summed E-state index contributed by atoms with van der Waals surface area (Å²) in [7, 11) is 0. The van der Waals surface area contributed by atoms with Gasteiger partial charge in [-0.05, 0) is 44.5 Å². The fourth-order valence-corrected chi connectivity index (χ4v) is 2.14. The van der Waals surface area contributed by atoms with Gasteiger partial charge in [-0.15, -0.1) is 0 Å². The van der Waals surface area contributed by atoms with Gasteiger partial charge in [0, 0.05) is 12.1 Å². The smallest absolute Gasteiger partial charge is 0.147 e. The molecule has 0 bridgehead atoms. The van der Waals surface area contributed by atoms with Crippen molar-refractivity contribution in [2.75, 3.05) is 11.9 Å². The minimum Gasteiger partial charge on any atom is -0.378 e. The molecule has 1 aliphatic rings. The number of anilines is 1. The second-order valence-corrected chi connectivity index (χ2v) is 4.44. The van der Waals surface area contributed by atoms with Crippen molar-refractivity contribution in [2.24, 2.45) is 0 Å². The third-order valence-electron chi connectivity index (χ3n) is 3.20. The number of benzene rings is 1. The van der Waals surface area contributed by atoms with Crippen LogP contribution in [0.25, 0.3) is 0 Å². The third kappa shape index (κ3) is 2.75. The van der Waals surface area contributed by atoms with E-state index in [9.17, 15) is 4.39 Å². The fraction of sp³-hybridized carbons (Fsp3) is 0.462. The second-order valence-electron chi connectivity index (χ2n) is 4.44. The summed E-state index contributed by atoms with van der Waals surface area (Å²) in [5.74, 6) is -0.359. The molecule has 0 aliphatic carbocycles. The summed E-state index contributed by atoms with van der Waals surface area (Å²) >= 11 is 0. The molecule has 2 unspecified atom stereocenters. The van der Waals surface area contributed by atoms with Crippen LogP contribution >= 0.6 is 0 Å². The van der Waals surface area contributed by atoms with Gasteiger partial charge in [-0.2, -0.15) is 5.26 Å². The molecule has 1 fully saturated rings. The van der Waals surface area contributed by atoms with E-state index in [0.717, 1.165) is 19.4 Å². The molecular formula is C13H16FN3. The van der Waals surface area contributed by atoms with E-state index in [0.29, 0.717) is 17.3 Å². The van der Waals surface area contributed by atoms with Gasteiger partial charge in [0.05, 0.1) is 17.3 Å². The highest BCUT2D eigenvalue weighted by Crippen LogP contribution is 2.20. The van der Waals surface area contributed by atoms with Crippen molar-refractivity contribution in [3.8, 4) is 6.07 Å². The van der Waals surface area contributed by atoms with Crippen LogP contribution in [0.2, 0.25) is 0 Å². The lowest BCUT2D eigenvalue weighted by Crippen LogP contribution is -2.46. The van der Waals surface area contributed by atoms with Gasteiger partial charge in [-0.25, -0.2) is 4.39 Å². The molecule has 2 rings (SSSR count). The lowest BCUT2D eigenvalue weighted by Gasteiger charge is -2.31. The predicted octanol–water partition coefficient (Wildman–Crippen LogP) is 2.25. The SMILES string of the molecule is CC1NCCCC1Nc1ccc(C#N)cc1F. The number of rotatable bonds is 2. The molecule has 17 heavy (non-hydrogen) atoms. The Morgan fingerprint density at radius 1 is 1.53 bits per heavy atom. The molecule has 1 heterocycles. The Labute approximate surface area is 101 Å². The Morgan fingerprint density at radius 2 is 2.35 bits per heavy atom. The molecule has 1 aliphatic heterocycles. The van der Waals surface area contributed by atoms with E-state index in [1.165, 1.54) is 6.07 Å². The number of hydrogen-bond donors (Lipinski definition) is 2. The van der Waals surface area contributed by atoms with Crippen LogP contribution in [0.1, 0.15) is 25.3 Å². The van der Waals surface area contributed by atoms with Gasteiger partial charge in [-0.1, -0.05) is 0 Å². The Balaban J connectivity index is 2.10. The maximum atomic E-state index is 13.7. The van der Waals surface area contributed by atoms with Gasteiger partial charge in [-0.3, -0.25) is 0 Å². The zero-order valence-electron chi connectivity index (χ0n) is 9.83. The average Bonchev–Trinajstić information content (AvgIpc) is 2.34. The number of halogens is 1. The molecule has 3 nitrogen and oxygen atoms in total. The molecule has 90 valence electrons. The van der Waals surface area contributed by atoms with Crippen LogP contribution in [0.3, 0.4) is 0 Å². The van der Waals surface area contributed by atoms with Crippen molar-refractivity contribution >= 4 is 5.69 Å². The topological polar surface area (TPSA) is 47.8 Å². The molecule has 4 heteroatoms. The highest BCUT2D eigenvalue weighted by Gasteiger charge is 2.21. The van der Waals surface area contributed by atoms with Crippen LogP contribution in [-0.4, -0.2) is 18.6 Å². The quantitative estimate of drug-likeness (QED) is 0.823. The molecule has 0 amide bonds. The van der Waals surface area contributed by atoms with Crippen LogP contribution in [0.5, 0.6) is 0 Å². The predicted molar refractivity (Wildman–Crippen MR) is 65.2 cm³/mol. The highest BCUT2D eigenvalue weighted by molar-refractivity contribution is 5.49. The summed E-state index contributed by atoms with van der Waals surface area (Å²) in [6.07, 6.45) is 2.13. The molecule has 0 saturated carbocycles. The van der Waals surface area contributed by atoms with E-state index in [1.54, 1.807) is 12.1 Å². The molecule has 2 atom stereocenters. The maximum Gasteiger partial charge on any atom is 0.147 e. The number of nitrogens with zero attached hydrogens (tertiary/aromatic N) is 1. The van der Waals surface area contributed by atoms with Gasteiger partial charge < -0.3 is 10.6 Å². The van der Waals surface area contributed by atoms with Crippen LogP contribution in [0, 0.1) is 17.1 Å². The Kier molecular flexibility index (Phi) is 3.60. The molecule has 0 spiro atoms. The van der Waals surface area contributed by atoms with Crippen molar-refractivity contribution in [2.45, 2.75) is 31.8 Å². The monoisotopic (exact) mass is 233 g/mol. The van der Waals surface area contributed by atoms with E-state index in [2.05, 4.69) is 17.6 Å². The molecule has 1 aromatic rings. The van der Waals surface area contributed by atoms with Crippen molar-refractivity contribution in [1.82, 2.24) is 5.32 Å². The minimum atomic E-state index is -0.359. The van der Waals surface area contributed by atoms with Crippen molar-refractivity contribution < 1.29 is 4.39 Å². The highest BCUT2D eigenvalue weighted by atomic mass is 19.1. The summed E-state index contributed by atoms with van der Waals surface area (Å²) in [6.45, 7) is 3.12. The second kappa shape index (κ2) is 5.15. The third-order valence-corrected chi connectivity index (χ3v) is 3.20. The summed E-state index contributed by atoms with van der Waals surface area (Å²) < 4.78 is 13.7. The Hall–Kier alpha value is -1.60. The number of hydrogen-bond acceptors (Lipinski definition) is 3. The van der Waals surface area contributed by atoms with E-state index in [-0.39, 0.29) is 11.9 Å². The van der Waals surface area contributed by atoms with Gasteiger partial charge in [0.1, 0.15) is 5.82 Å². The fourth-order valence-electron chi connectivity index (χ4n) is 2.14. The van der Waals surface area contributed by atoms with Crippen molar-refractivity contribution in [3.05, 3.63) is 29.6 Å². The summed E-state index contributed by atoms with van der Waals surface area (Å²) in [5.41, 5.74) is 0.826. The Bertz CT molecular complexity index is 439. The van der Waals surface area contributed by atoms with Crippen LogP contribution in [-0.2, 0) is 0 Å². The summed E-state index contributed by atoms with van der Waals surface area (Å²) in [4.78, 5) is 0. The average molecular weight is 233 g/mol. The molecule has 1 aromatic carbocycles. The number of nitrogens with one attached hydrogen (secondary N) is 2. The summed E-state index contributed by atoms with van der Waals surface area (Å²) in [5, 5.41) is 15.2. The first kappa shape index (κ1) is 11.9. The normalized spacial score (nSPS) is 24.1. The van der Waals surface area contributed by atoms with E-state index >= 15 is 0 Å². The van der Waals surface area contributed by atoms with Crippen molar-refractivity contribution in [1.29, 1.82) is 5.26 Å². The minimum absolute atomic E-state index is 0.242. The Morgan fingerprint density at radius 3 is 3.00 bits per heavy atom. The zero-order chi connectivity index (χ0) is 12.3. The lowest BCUT2D eigenvalue weighted by atomic mass is 9.99. The largest absolute Gasteiger partial charge is 0.378 e. The molecule has 0 aromatic heterocycles. The van der Waals surface area contributed by atoms with Gasteiger partial charge in [0.15, 0.2) is 0 Å². The molecule has 0 radical (unpaired) electrons. The number of piperidine rings is 1. The van der Waals surface area contributed by atoms with Crippen molar-refractivity contribution in [3.63, 3.8) is 0 Å². The van der Waals surface area contributed by atoms with Crippen LogP contribution in [0.15, 0.2) is 18.2 Å². The van der Waals surface area contributed by atoms with Gasteiger partial charge in [0.2, 0.25) is 0 Å². The lowest BCUT2D eigenvalue weighted by molar-refractivity contribution is 0.388. The van der Waals surface area contributed by atoms with Gasteiger partial charge >= 0.3 is 0 Å². The molecular weight excluding hydrogens is 217 g/mol. The van der Waals surface area contributed by atoms with E-state index < -0.39 is 0 Å². The van der Waals surface area contributed by atoms with E-state index in [1.807, 2.05) is 6.07 Å². The maximum absolute atomic E-state index is 13.7. The first-order valence-electron chi connectivity index (χ1n) is 5.90. The van der Waals surface area contributed by atoms with Crippen LogP contribution in [0.4, 0.5) is 10.1 Å². The first-order chi connectivity index (χ1) is 8.20. The molecule has 1 saturated heterocycles. The molecule has 2 N–H and O–H groups in total. The zero-order valence-corrected chi connectivity index (χ0v) is 9.83. The first-order valence-corrected chi connectivity index (χ1v) is 5.90. The standard InChI is InChI=1S/C13H16FN3/c1-9-12(3-2-6-16-9)17-13-5-4-10(8-15)7-11(13)14/h4-5,7,9,12,16-17H,2-3,6H2,1H3.